The second-order valence-electron chi connectivity index (χ2n) is 6.89. The summed E-state index contributed by atoms with van der Waals surface area (Å²) in [5.41, 5.74) is 0.357. The Bertz CT molecular complexity index is 766. The zero-order valence-electron chi connectivity index (χ0n) is 14.0. The quantitative estimate of drug-likeness (QED) is 0.779. The van der Waals surface area contributed by atoms with Gasteiger partial charge in [-0.25, -0.2) is 4.39 Å². The summed E-state index contributed by atoms with van der Waals surface area (Å²) in [7, 11) is 0. The maximum absolute atomic E-state index is 13.8. The number of aromatic nitrogens is 2. The van der Waals surface area contributed by atoms with Gasteiger partial charge in [-0.15, -0.1) is 0 Å². The minimum absolute atomic E-state index is 0.287. The van der Waals surface area contributed by atoms with Gasteiger partial charge < -0.3 is 0 Å². The highest BCUT2D eigenvalue weighted by Crippen LogP contribution is 2.34. The van der Waals surface area contributed by atoms with Crippen molar-refractivity contribution in [3.05, 3.63) is 59.4 Å². The number of piperazine rings is 1. The normalized spacial score (nSPS) is 23.7. The van der Waals surface area contributed by atoms with Gasteiger partial charge in [-0.1, -0.05) is 6.07 Å². The zero-order valence-corrected chi connectivity index (χ0v) is 14.0. The van der Waals surface area contributed by atoms with Crippen LogP contribution in [-0.4, -0.2) is 44.9 Å². The molecule has 8 heteroatoms. The van der Waals surface area contributed by atoms with Crippen LogP contribution >= 0.6 is 0 Å². The molecular weight excluding hydrogens is 348 g/mol. The van der Waals surface area contributed by atoms with Crippen LogP contribution < -0.4 is 0 Å². The Kier molecular flexibility index (Phi) is 4.40. The van der Waals surface area contributed by atoms with E-state index in [1.807, 2.05) is 0 Å². The number of rotatable bonds is 4. The number of piperidine rings is 1. The molecule has 0 radical (unpaired) electrons. The predicted molar refractivity (Wildman–Crippen MR) is 86.4 cm³/mol. The molecule has 3 saturated heterocycles. The van der Waals surface area contributed by atoms with Crippen LogP contribution in [-0.2, 0) is 19.3 Å². The summed E-state index contributed by atoms with van der Waals surface area (Å²) >= 11 is 0. The lowest BCUT2D eigenvalue weighted by Crippen LogP contribution is -2.67. The highest BCUT2D eigenvalue weighted by atomic mass is 19.4. The van der Waals surface area contributed by atoms with Crippen molar-refractivity contribution in [1.82, 2.24) is 19.8 Å². The van der Waals surface area contributed by atoms with Gasteiger partial charge in [-0.05, 0) is 30.2 Å². The smallest absolute Gasteiger partial charge is 0.296 e. The SMILES string of the molecule is Fc1cccnc1CN1C2CC1CN(Cc1ccc(C(F)(F)F)nc1)C2. The standard InChI is InChI=1S/C18H18F4N4/c19-15-2-1-5-23-16(15)11-26-13-6-14(26)10-25(9-13)8-12-3-4-17(24-7-12)18(20,21)22/h1-5,7,13-14H,6,8-11H2. The van der Waals surface area contributed by atoms with Gasteiger partial charge in [0, 0.05) is 50.7 Å². The Hall–Kier alpha value is -2.06. The van der Waals surface area contributed by atoms with Crippen molar-refractivity contribution in [2.24, 2.45) is 0 Å². The predicted octanol–water partition coefficient (Wildman–Crippen LogP) is 3.09. The zero-order chi connectivity index (χ0) is 18.3. The van der Waals surface area contributed by atoms with Gasteiger partial charge >= 0.3 is 6.18 Å². The van der Waals surface area contributed by atoms with Crippen molar-refractivity contribution in [2.75, 3.05) is 13.1 Å². The van der Waals surface area contributed by atoms with Crippen molar-refractivity contribution < 1.29 is 17.6 Å². The molecule has 2 aromatic heterocycles. The fourth-order valence-electron chi connectivity index (χ4n) is 3.81. The molecule has 2 bridgehead atoms. The van der Waals surface area contributed by atoms with Gasteiger partial charge in [0.25, 0.3) is 0 Å². The minimum atomic E-state index is -4.41. The first kappa shape index (κ1) is 17.4. The molecular formula is C18H18F4N4. The van der Waals surface area contributed by atoms with Gasteiger partial charge in [0.15, 0.2) is 0 Å². The second-order valence-corrected chi connectivity index (χ2v) is 6.89. The molecule has 5 rings (SSSR count). The Balaban J connectivity index is 1.35. The lowest BCUT2D eigenvalue weighted by atomic mass is 9.87. The molecule has 138 valence electrons. The van der Waals surface area contributed by atoms with E-state index in [9.17, 15) is 17.6 Å². The lowest BCUT2D eigenvalue weighted by Gasteiger charge is -2.56. The molecule has 0 aliphatic carbocycles. The molecule has 3 fully saturated rings. The van der Waals surface area contributed by atoms with Crippen LogP contribution in [0.1, 0.15) is 23.4 Å². The Morgan fingerprint density at radius 3 is 2.42 bits per heavy atom. The summed E-state index contributed by atoms with van der Waals surface area (Å²) in [6.45, 7) is 2.69. The van der Waals surface area contributed by atoms with Gasteiger partial charge in [0.05, 0.1) is 5.69 Å². The molecule has 3 aliphatic rings. The fraction of sp³-hybridized carbons (Fsp3) is 0.444. The van der Waals surface area contributed by atoms with E-state index in [4.69, 9.17) is 0 Å². The average molecular weight is 366 g/mol. The summed E-state index contributed by atoms with van der Waals surface area (Å²) in [5.74, 6) is -0.287. The van der Waals surface area contributed by atoms with Gasteiger partial charge in [0.1, 0.15) is 11.5 Å². The number of halogens is 4. The van der Waals surface area contributed by atoms with Crippen LogP contribution in [0.25, 0.3) is 0 Å². The summed E-state index contributed by atoms with van der Waals surface area (Å²) in [5, 5.41) is 0. The first-order valence-electron chi connectivity index (χ1n) is 8.50. The summed E-state index contributed by atoms with van der Waals surface area (Å²) in [6, 6.07) is 6.17. The molecule has 0 saturated carbocycles. The summed E-state index contributed by atoms with van der Waals surface area (Å²) < 4.78 is 51.5. The number of pyridine rings is 2. The van der Waals surface area contributed by atoms with Crippen LogP contribution in [0, 0.1) is 5.82 Å². The molecule has 5 heterocycles. The van der Waals surface area contributed by atoms with Crippen LogP contribution in [0.4, 0.5) is 17.6 Å². The van der Waals surface area contributed by atoms with E-state index in [2.05, 4.69) is 19.8 Å². The molecule has 4 nitrogen and oxygen atoms in total. The van der Waals surface area contributed by atoms with Crippen molar-refractivity contribution in [2.45, 2.75) is 37.8 Å². The van der Waals surface area contributed by atoms with Crippen LogP contribution in [0.3, 0.4) is 0 Å². The third-order valence-corrected chi connectivity index (χ3v) is 5.11. The number of fused-ring (bicyclic) bond motifs is 2. The molecule has 0 spiro atoms. The minimum Gasteiger partial charge on any atom is -0.296 e. The van der Waals surface area contributed by atoms with E-state index in [0.29, 0.717) is 30.9 Å². The first-order valence-corrected chi connectivity index (χ1v) is 8.50. The van der Waals surface area contributed by atoms with Gasteiger partial charge in [0.2, 0.25) is 0 Å². The molecule has 0 amide bonds. The van der Waals surface area contributed by atoms with E-state index < -0.39 is 11.9 Å². The second kappa shape index (κ2) is 6.59. The van der Waals surface area contributed by atoms with Crippen LogP contribution in [0.2, 0.25) is 0 Å². The first-order chi connectivity index (χ1) is 12.4. The number of nitrogens with zero attached hydrogens (tertiary/aromatic N) is 4. The maximum atomic E-state index is 13.8. The number of hydrogen-bond acceptors (Lipinski definition) is 4. The largest absolute Gasteiger partial charge is 0.433 e. The van der Waals surface area contributed by atoms with E-state index in [1.54, 1.807) is 12.3 Å². The maximum Gasteiger partial charge on any atom is 0.433 e. The summed E-state index contributed by atoms with van der Waals surface area (Å²) in [6.07, 6.45) is -0.454. The third-order valence-electron chi connectivity index (χ3n) is 5.11. The molecule has 0 aromatic carbocycles. The van der Waals surface area contributed by atoms with Crippen LogP contribution in [0.15, 0.2) is 36.7 Å². The van der Waals surface area contributed by atoms with Crippen molar-refractivity contribution in [3.8, 4) is 0 Å². The monoisotopic (exact) mass is 366 g/mol. The highest BCUT2D eigenvalue weighted by molar-refractivity contribution is 5.17. The third kappa shape index (κ3) is 3.43. The molecule has 3 aliphatic heterocycles. The van der Waals surface area contributed by atoms with E-state index in [0.717, 1.165) is 31.1 Å². The molecule has 2 atom stereocenters. The van der Waals surface area contributed by atoms with Crippen molar-refractivity contribution in [3.63, 3.8) is 0 Å². The van der Waals surface area contributed by atoms with Gasteiger partial charge in [-0.2, -0.15) is 13.2 Å². The van der Waals surface area contributed by atoms with Crippen molar-refractivity contribution in [1.29, 1.82) is 0 Å². The molecule has 2 unspecified atom stereocenters. The topological polar surface area (TPSA) is 32.3 Å². The lowest BCUT2D eigenvalue weighted by molar-refractivity contribution is -0.141. The molecule has 26 heavy (non-hydrogen) atoms. The number of alkyl halides is 3. The highest BCUT2D eigenvalue weighted by Gasteiger charge is 2.44. The Morgan fingerprint density at radius 2 is 1.81 bits per heavy atom. The fourth-order valence-corrected chi connectivity index (χ4v) is 3.81. The van der Waals surface area contributed by atoms with E-state index >= 15 is 0 Å². The van der Waals surface area contributed by atoms with E-state index in [-0.39, 0.29) is 5.82 Å². The average Bonchev–Trinajstić information content (AvgIpc) is 2.61. The Morgan fingerprint density at radius 1 is 1.04 bits per heavy atom. The molecule has 2 aromatic rings. The van der Waals surface area contributed by atoms with E-state index in [1.165, 1.54) is 18.3 Å². The van der Waals surface area contributed by atoms with Crippen molar-refractivity contribution >= 4 is 0 Å². The van der Waals surface area contributed by atoms with Crippen LogP contribution in [0.5, 0.6) is 0 Å². The Labute approximate surface area is 148 Å². The number of hydrogen-bond donors (Lipinski definition) is 0. The van der Waals surface area contributed by atoms with Gasteiger partial charge in [-0.3, -0.25) is 19.8 Å². The molecule has 0 N–H and O–H groups in total. The summed E-state index contributed by atoms with van der Waals surface area (Å²) in [4.78, 5) is 12.1.